The number of rotatable bonds is 3. The number of nitrogen functional groups attached to an aromatic ring is 1. The second-order valence-corrected chi connectivity index (χ2v) is 4.84. The third kappa shape index (κ3) is 3.31. The van der Waals surface area contributed by atoms with Crippen LogP contribution in [0.5, 0.6) is 11.6 Å². The number of hydrazine groups is 1. The number of benzene rings is 1. The summed E-state index contributed by atoms with van der Waals surface area (Å²) < 4.78 is 19.4. The summed E-state index contributed by atoms with van der Waals surface area (Å²) in [6.45, 7) is 1.69. The van der Waals surface area contributed by atoms with Crippen molar-refractivity contribution < 1.29 is 9.13 Å². The Balaban J connectivity index is 2.36. The molecule has 2 aromatic rings. The maximum absolute atomic E-state index is 13.4. The molecule has 0 saturated carbocycles. The third-order valence-corrected chi connectivity index (χ3v) is 3.06. The van der Waals surface area contributed by atoms with Crippen molar-refractivity contribution in [3.8, 4) is 11.6 Å². The lowest BCUT2D eigenvalue weighted by Crippen LogP contribution is -2.09. The molecule has 0 amide bonds. The molecular weight excluding hydrogens is 339 g/mol. The molecule has 0 atom stereocenters. The normalized spacial score (nSPS) is 10.4. The second-order valence-electron chi connectivity index (χ2n) is 3.58. The number of halogens is 3. The number of nitrogens with one attached hydrogen (secondary N) is 1. The van der Waals surface area contributed by atoms with E-state index in [9.17, 15) is 4.39 Å². The molecule has 19 heavy (non-hydrogen) atoms. The standard InChI is InChI=1S/C11H9BrClFN4O/c1-5-16-10(18-15)4-11(17-5)19-9-3-8(14)7(13)2-6(9)12/h2-4H,15H2,1H3,(H,16,17,18). The van der Waals surface area contributed by atoms with E-state index in [0.717, 1.165) is 0 Å². The Labute approximate surface area is 122 Å². The lowest BCUT2D eigenvalue weighted by molar-refractivity contribution is 0.452. The van der Waals surface area contributed by atoms with Gasteiger partial charge in [-0.25, -0.2) is 15.2 Å². The summed E-state index contributed by atoms with van der Waals surface area (Å²) in [6, 6.07) is 4.06. The number of aryl methyl sites for hydroxylation is 1. The molecule has 0 spiro atoms. The Morgan fingerprint density at radius 3 is 2.79 bits per heavy atom. The summed E-state index contributed by atoms with van der Waals surface area (Å²) in [4.78, 5) is 8.08. The van der Waals surface area contributed by atoms with Gasteiger partial charge in [0.25, 0.3) is 0 Å². The molecule has 100 valence electrons. The van der Waals surface area contributed by atoms with Gasteiger partial charge in [0.05, 0.1) is 9.50 Å². The maximum Gasteiger partial charge on any atom is 0.224 e. The van der Waals surface area contributed by atoms with Crippen LogP contribution in [0.3, 0.4) is 0 Å². The maximum atomic E-state index is 13.4. The number of hydrogen-bond donors (Lipinski definition) is 2. The average Bonchev–Trinajstić information content (AvgIpc) is 2.35. The molecule has 0 aliphatic heterocycles. The van der Waals surface area contributed by atoms with E-state index in [1.807, 2.05) is 0 Å². The SMILES string of the molecule is Cc1nc(NN)cc(Oc2cc(F)c(Cl)cc2Br)n1. The van der Waals surface area contributed by atoms with Gasteiger partial charge in [0.15, 0.2) is 0 Å². The molecule has 3 N–H and O–H groups in total. The zero-order chi connectivity index (χ0) is 14.0. The van der Waals surface area contributed by atoms with Crippen LogP contribution in [0, 0.1) is 12.7 Å². The van der Waals surface area contributed by atoms with Crippen LogP contribution in [0.2, 0.25) is 5.02 Å². The fraction of sp³-hybridized carbons (Fsp3) is 0.0909. The van der Waals surface area contributed by atoms with Crippen LogP contribution in [0.4, 0.5) is 10.2 Å². The van der Waals surface area contributed by atoms with Crippen LogP contribution < -0.4 is 16.0 Å². The fourth-order valence-electron chi connectivity index (χ4n) is 1.36. The predicted octanol–water partition coefficient (Wildman–Crippen LogP) is 3.42. The molecule has 8 heteroatoms. The molecule has 0 aliphatic rings. The monoisotopic (exact) mass is 346 g/mol. The van der Waals surface area contributed by atoms with E-state index >= 15 is 0 Å². The Morgan fingerprint density at radius 2 is 2.11 bits per heavy atom. The molecule has 0 bridgehead atoms. The summed E-state index contributed by atoms with van der Waals surface area (Å²) >= 11 is 8.88. The molecule has 1 aromatic heterocycles. The average molecular weight is 348 g/mol. The quantitative estimate of drug-likeness (QED) is 0.506. The molecular formula is C11H9BrClFN4O. The van der Waals surface area contributed by atoms with E-state index in [0.29, 0.717) is 16.1 Å². The number of hydrogen-bond acceptors (Lipinski definition) is 5. The Morgan fingerprint density at radius 1 is 1.37 bits per heavy atom. The first kappa shape index (κ1) is 14.0. The number of ether oxygens (including phenoxy) is 1. The summed E-state index contributed by atoms with van der Waals surface area (Å²) in [7, 11) is 0. The largest absolute Gasteiger partial charge is 0.438 e. The van der Waals surface area contributed by atoms with E-state index < -0.39 is 5.82 Å². The minimum Gasteiger partial charge on any atom is -0.438 e. The van der Waals surface area contributed by atoms with Crippen molar-refractivity contribution in [2.24, 2.45) is 5.84 Å². The minimum absolute atomic E-state index is 0.00223. The zero-order valence-electron chi connectivity index (χ0n) is 9.75. The van der Waals surface area contributed by atoms with Crippen molar-refractivity contribution in [2.75, 3.05) is 5.43 Å². The minimum atomic E-state index is -0.581. The van der Waals surface area contributed by atoms with Crippen LogP contribution in [-0.2, 0) is 0 Å². The molecule has 1 aromatic carbocycles. The molecule has 2 rings (SSSR count). The molecule has 5 nitrogen and oxygen atoms in total. The summed E-state index contributed by atoms with van der Waals surface area (Å²) in [6.07, 6.45) is 0. The first-order valence-electron chi connectivity index (χ1n) is 5.14. The van der Waals surface area contributed by atoms with E-state index in [1.54, 1.807) is 6.92 Å². The predicted molar refractivity (Wildman–Crippen MR) is 73.8 cm³/mol. The number of aromatic nitrogens is 2. The molecule has 0 unspecified atom stereocenters. The highest BCUT2D eigenvalue weighted by atomic mass is 79.9. The highest BCUT2D eigenvalue weighted by Crippen LogP contribution is 2.33. The summed E-state index contributed by atoms with van der Waals surface area (Å²) in [5.74, 6) is 6.05. The molecule has 0 aliphatic carbocycles. The lowest BCUT2D eigenvalue weighted by atomic mass is 10.3. The van der Waals surface area contributed by atoms with Gasteiger partial charge in [-0.3, -0.25) is 0 Å². The van der Waals surface area contributed by atoms with Crippen LogP contribution in [0.25, 0.3) is 0 Å². The molecule has 0 radical (unpaired) electrons. The van der Waals surface area contributed by atoms with Gasteiger partial charge in [-0.15, -0.1) is 0 Å². The Bertz CT molecular complexity index is 626. The smallest absolute Gasteiger partial charge is 0.224 e. The lowest BCUT2D eigenvalue weighted by Gasteiger charge is -2.09. The van der Waals surface area contributed by atoms with Gasteiger partial charge >= 0.3 is 0 Å². The van der Waals surface area contributed by atoms with Gasteiger partial charge in [0, 0.05) is 12.1 Å². The third-order valence-electron chi connectivity index (χ3n) is 2.15. The first-order valence-corrected chi connectivity index (χ1v) is 6.31. The van der Waals surface area contributed by atoms with Gasteiger partial charge in [0.2, 0.25) is 5.88 Å². The van der Waals surface area contributed by atoms with Gasteiger partial charge in [-0.05, 0) is 28.9 Å². The van der Waals surface area contributed by atoms with Crippen LogP contribution in [-0.4, -0.2) is 9.97 Å². The van der Waals surface area contributed by atoms with Crippen molar-refractivity contribution in [1.29, 1.82) is 0 Å². The fourth-order valence-corrected chi connectivity index (χ4v) is 2.08. The topological polar surface area (TPSA) is 73.1 Å². The van der Waals surface area contributed by atoms with Gasteiger partial charge in [0.1, 0.15) is 23.2 Å². The molecule has 0 saturated heterocycles. The number of nitrogens with two attached hydrogens (primary N) is 1. The first-order chi connectivity index (χ1) is 8.99. The van der Waals surface area contributed by atoms with Gasteiger partial charge in [-0.2, -0.15) is 4.98 Å². The van der Waals surface area contributed by atoms with E-state index in [2.05, 4.69) is 31.3 Å². The molecule has 1 heterocycles. The van der Waals surface area contributed by atoms with Crippen molar-refractivity contribution in [3.05, 3.63) is 39.3 Å². The van der Waals surface area contributed by atoms with E-state index in [-0.39, 0.29) is 16.7 Å². The van der Waals surface area contributed by atoms with Gasteiger partial charge < -0.3 is 10.2 Å². The highest BCUT2D eigenvalue weighted by molar-refractivity contribution is 9.10. The number of nitrogens with zero attached hydrogens (tertiary/aromatic N) is 2. The van der Waals surface area contributed by atoms with E-state index in [4.69, 9.17) is 22.2 Å². The zero-order valence-corrected chi connectivity index (χ0v) is 12.1. The van der Waals surface area contributed by atoms with Crippen molar-refractivity contribution >= 4 is 33.3 Å². The van der Waals surface area contributed by atoms with Crippen molar-refractivity contribution in [2.45, 2.75) is 6.92 Å². The Hall–Kier alpha value is -1.44. The highest BCUT2D eigenvalue weighted by Gasteiger charge is 2.10. The number of anilines is 1. The Kier molecular flexibility index (Phi) is 4.18. The van der Waals surface area contributed by atoms with Crippen LogP contribution in [0.1, 0.15) is 5.82 Å². The van der Waals surface area contributed by atoms with Crippen molar-refractivity contribution in [3.63, 3.8) is 0 Å². The van der Waals surface area contributed by atoms with Crippen molar-refractivity contribution in [1.82, 2.24) is 9.97 Å². The van der Waals surface area contributed by atoms with E-state index in [1.165, 1.54) is 18.2 Å². The van der Waals surface area contributed by atoms with Crippen LogP contribution in [0.15, 0.2) is 22.7 Å². The second kappa shape index (κ2) is 5.68. The summed E-state index contributed by atoms with van der Waals surface area (Å²) in [5.41, 5.74) is 2.39. The summed E-state index contributed by atoms with van der Waals surface area (Å²) in [5, 5.41) is 0.00223. The van der Waals surface area contributed by atoms with Crippen LogP contribution >= 0.6 is 27.5 Å². The van der Waals surface area contributed by atoms with Gasteiger partial charge in [-0.1, -0.05) is 11.6 Å². The molecule has 0 fully saturated rings.